The van der Waals surface area contributed by atoms with E-state index < -0.39 is 12.0 Å². The molecule has 1 fully saturated rings. The summed E-state index contributed by atoms with van der Waals surface area (Å²) in [5.41, 5.74) is 1.38. The molecular weight excluding hydrogens is 401 g/mol. The summed E-state index contributed by atoms with van der Waals surface area (Å²) in [4.78, 5) is 12.7. The van der Waals surface area contributed by atoms with E-state index in [1.807, 2.05) is 6.07 Å². The number of methoxy groups -OCH3 is 1. The molecule has 1 amide bonds. The fourth-order valence-electron chi connectivity index (χ4n) is 3.72. The number of aliphatic hydroxyl groups excluding tert-OH is 1. The third kappa shape index (κ3) is 4.54. The number of carbonyl (C=O) groups excluding carboxylic acids is 1. The average molecular weight is 424 g/mol. The van der Waals surface area contributed by atoms with Gasteiger partial charge in [0, 0.05) is 12.0 Å². The van der Waals surface area contributed by atoms with Gasteiger partial charge >= 0.3 is 0 Å². The van der Waals surface area contributed by atoms with Gasteiger partial charge < -0.3 is 20.3 Å². The van der Waals surface area contributed by atoms with Crippen molar-refractivity contribution in [2.75, 3.05) is 7.11 Å². The maximum atomic E-state index is 12.7. The minimum Gasteiger partial charge on any atom is -0.504 e. The molecule has 2 aromatic carbocycles. The number of aromatic hydroxyl groups is 1. The Morgan fingerprint density at radius 2 is 1.89 bits per heavy atom. The maximum Gasteiger partial charge on any atom is 0.253 e. The van der Waals surface area contributed by atoms with E-state index >= 15 is 0 Å². The first-order valence-corrected chi connectivity index (χ1v) is 9.96. The van der Waals surface area contributed by atoms with E-state index in [2.05, 4.69) is 5.32 Å². The van der Waals surface area contributed by atoms with Gasteiger partial charge in [-0.2, -0.15) is 0 Å². The van der Waals surface area contributed by atoms with Gasteiger partial charge in [0.2, 0.25) is 0 Å². The minimum absolute atomic E-state index is 0.0770. The van der Waals surface area contributed by atoms with E-state index in [1.165, 1.54) is 13.2 Å². The Balaban J connectivity index is 1.76. The van der Waals surface area contributed by atoms with Crippen molar-refractivity contribution in [1.29, 1.82) is 0 Å². The summed E-state index contributed by atoms with van der Waals surface area (Å²) in [7, 11) is 1.51. The van der Waals surface area contributed by atoms with Crippen LogP contribution in [0.5, 0.6) is 11.5 Å². The highest BCUT2D eigenvalue weighted by Gasteiger charge is 2.30. The zero-order valence-electron chi connectivity index (χ0n) is 15.5. The molecule has 3 N–H and O–H groups in total. The number of benzene rings is 2. The lowest BCUT2D eigenvalue weighted by atomic mass is 9.79. The van der Waals surface area contributed by atoms with E-state index in [0.29, 0.717) is 16.3 Å². The van der Waals surface area contributed by atoms with Crippen molar-refractivity contribution >= 4 is 29.1 Å². The summed E-state index contributed by atoms with van der Waals surface area (Å²) in [6.45, 7) is 0. The number of hydrogen-bond acceptors (Lipinski definition) is 4. The van der Waals surface area contributed by atoms with Crippen molar-refractivity contribution < 1.29 is 19.7 Å². The first-order chi connectivity index (χ1) is 13.4. The number of ether oxygens (including phenoxy) is 1. The van der Waals surface area contributed by atoms with Crippen molar-refractivity contribution in [2.45, 2.75) is 43.7 Å². The minimum atomic E-state index is -1.33. The standard InChI is InChI=1S/C21H23Cl2NO4/c1-28-19-11-12(7-9-18(19)25)14-4-2-3-5-17(14)24-21(27)20(26)13-6-8-15(22)16(23)10-13/h6-11,14,17,20,25-26H,2-5H2,1H3,(H,24,27)/t14-,17+,20?/m0/s1. The molecule has 3 atom stereocenters. The highest BCUT2D eigenvalue weighted by molar-refractivity contribution is 6.42. The Morgan fingerprint density at radius 3 is 2.61 bits per heavy atom. The van der Waals surface area contributed by atoms with Gasteiger partial charge in [-0.05, 0) is 48.2 Å². The highest BCUT2D eigenvalue weighted by Crippen LogP contribution is 2.37. The smallest absolute Gasteiger partial charge is 0.253 e. The Labute approximate surface area is 174 Å². The SMILES string of the molecule is COc1cc([C@@H]2CCCC[C@H]2NC(=O)C(O)c2ccc(Cl)c(Cl)c2)ccc1O. The van der Waals surface area contributed by atoms with Crippen LogP contribution in [0.3, 0.4) is 0 Å². The first-order valence-electron chi connectivity index (χ1n) is 9.21. The van der Waals surface area contributed by atoms with Crippen molar-refractivity contribution in [2.24, 2.45) is 0 Å². The van der Waals surface area contributed by atoms with Gasteiger partial charge in [0.25, 0.3) is 5.91 Å². The van der Waals surface area contributed by atoms with Crippen LogP contribution in [0.4, 0.5) is 0 Å². The second-order valence-electron chi connectivity index (χ2n) is 7.01. The number of aliphatic hydroxyl groups is 1. The molecule has 7 heteroatoms. The van der Waals surface area contributed by atoms with Crippen molar-refractivity contribution in [3.05, 3.63) is 57.6 Å². The van der Waals surface area contributed by atoms with Crippen LogP contribution in [0, 0.1) is 0 Å². The molecule has 0 radical (unpaired) electrons. The van der Waals surface area contributed by atoms with Crippen LogP contribution in [-0.2, 0) is 4.79 Å². The Morgan fingerprint density at radius 1 is 1.14 bits per heavy atom. The van der Waals surface area contributed by atoms with E-state index in [0.717, 1.165) is 31.2 Å². The molecule has 1 unspecified atom stereocenters. The van der Waals surface area contributed by atoms with Crippen LogP contribution >= 0.6 is 23.2 Å². The summed E-state index contributed by atoms with van der Waals surface area (Å²) in [5.74, 6) is 0.0934. The van der Waals surface area contributed by atoms with Crippen LogP contribution in [0.25, 0.3) is 0 Å². The first kappa shape index (κ1) is 20.8. The molecule has 1 saturated carbocycles. The van der Waals surface area contributed by atoms with Gasteiger partial charge in [-0.15, -0.1) is 0 Å². The number of hydrogen-bond donors (Lipinski definition) is 3. The molecule has 0 heterocycles. The molecule has 3 rings (SSSR count). The fourth-order valence-corrected chi connectivity index (χ4v) is 4.03. The van der Waals surface area contributed by atoms with Crippen molar-refractivity contribution in [1.82, 2.24) is 5.32 Å². The summed E-state index contributed by atoms with van der Waals surface area (Å²) in [6.07, 6.45) is 2.44. The fraction of sp³-hybridized carbons (Fsp3) is 0.381. The lowest BCUT2D eigenvalue weighted by Crippen LogP contribution is -2.43. The largest absolute Gasteiger partial charge is 0.504 e. The van der Waals surface area contributed by atoms with Crippen LogP contribution in [0.2, 0.25) is 10.0 Å². The van der Waals surface area contributed by atoms with Crippen LogP contribution in [0.15, 0.2) is 36.4 Å². The normalized spacial score (nSPS) is 20.4. The van der Waals surface area contributed by atoms with Crippen LogP contribution < -0.4 is 10.1 Å². The van der Waals surface area contributed by atoms with Crippen LogP contribution in [0.1, 0.15) is 48.8 Å². The summed E-state index contributed by atoms with van der Waals surface area (Å²) in [6, 6.07) is 9.78. The molecule has 1 aliphatic carbocycles. The van der Waals surface area contributed by atoms with Gasteiger partial charge in [-0.25, -0.2) is 0 Å². The maximum absolute atomic E-state index is 12.7. The monoisotopic (exact) mass is 423 g/mol. The molecular formula is C21H23Cl2NO4. The Hall–Kier alpha value is -1.95. The number of phenols is 1. The molecule has 0 aromatic heterocycles. The van der Waals surface area contributed by atoms with E-state index in [4.69, 9.17) is 27.9 Å². The third-order valence-electron chi connectivity index (χ3n) is 5.23. The number of phenolic OH excluding ortho intramolecular Hbond substituents is 1. The van der Waals surface area contributed by atoms with Gasteiger partial charge in [-0.1, -0.05) is 48.2 Å². The van der Waals surface area contributed by atoms with Gasteiger partial charge in [0.05, 0.1) is 17.2 Å². The van der Waals surface area contributed by atoms with Gasteiger partial charge in [0.15, 0.2) is 17.6 Å². The van der Waals surface area contributed by atoms with Gasteiger partial charge in [-0.3, -0.25) is 4.79 Å². The highest BCUT2D eigenvalue weighted by atomic mass is 35.5. The predicted octanol–water partition coefficient (Wildman–Crippen LogP) is 4.58. The number of halogens is 2. The van der Waals surface area contributed by atoms with Crippen LogP contribution in [-0.4, -0.2) is 29.3 Å². The lowest BCUT2D eigenvalue weighted by molar-refractivity contribution is -0.130. The summed E-state index contributed by atoms with van der Waals surface area (Å²) >= 11 is 11.9. The molecule has 0 spiro atoms. The molecule has 150 valence electrons. The number of rotatable bonds is 5. The molecule has 1 aliphatic rings. The quantitative estimate of drug-likeness (QED) is 0.657. The van der Waals surface area contributed by atoms with E-state index in [-0.39, 0.29) is 22.7 Å². The number of amides is 1. The van der Waals surface area contributed by atoms with E-state index in [9.17, 15) is 15.0 Å². The molecule has 0 bridgehead atoms. The molecule has 2 aromatic rings. The second kappa shape index (κ2) is 9.03. The van der Waals surface area contributed by atoms with Crippen molar-refractivity contribution in [3.8, 4) is 11.5 Å². The molecule has 28 heavy (non-hydrogen) atoms. The lowest BCUT2D eigenvalue weighted by Gasteiger charge is -2.33. The molecule has 0 saturated heterocycles. The van der Waals surface area contributed by atoms with Crippen molar-refractivity contribution in [3.63, 3.8) is 0 Å². The number of nitrogens with one attached hydrogen (secondary N) is 1. The average Bonchev–Trinajstić information content (AvgIpc) is 2.70. The zero-order chi connectivity index (χ0) is 20.3. The zero-order valence-corrected chi connectivity index (χ0v) is 17.0. The predicted molar refractivity (Wildman–Crippen MR) is 109 cm³/mol. The van der Waals surface area contributed by atoms with E-state index in [1.54, 1.807) is 24.3 Å². The van der Waals surface area contributed by atoms with Gasteiger partial charge in [0.1, 0.15) is 0 Å². The second-order valence-corrected chi connectivity index (χ2v) is 7.83. The molecule has 5 nitrogen and oxygen atoms in total. The third-order valence-corrected chi connectivity index (χ3v) is 5.97. The summed E-state index contributed by atoms with van der Waals surface area (Å²) < 4.78 is 5.21. The Kier molecular flexibility index (Phi) is 6.70. The topological polar surface area (TPSA) is 78.8 Å². The number of carbonyl (C=O) groups is 1. The summed E-state index contributed by atoms with van der Waals surface area (Å²) in [5, 5.41) is 23.9. The Bertz CT molecular complexity index is 858. The molecule has 0 aliphatic heterocycles.